The lowest BCUT2D eigenvalue weighted by Gasteiger charge is -2.40. The van der Waals surface area contributed by atoms with Crippen LogP contribution in [0, 0.1) is 0 Å². The van der Waals surface area contributed by atoms with Crippen molar-refractivity contribution in [3.05, 3.63) is 148 Å². The van der Waals surface area contributed by atoms with Gasteiger partial charge in [-0.3, -0.25) is 10.1 Å². The molecule has 1 aromatic heterocycles. The standard InChI is InChI=1S/C41H48BClN6O3/c1-39(2)40(3,4)52-42(51-39)28-16-8-15-23-36(38-46-47-48-49(38)30-37(50)44-29-31-24-26-35(43)27-25-31)45-41(32-17-9-5-10-18-32,33-19-11-6-12-20-33)34-21-13-7-14-22-34/h5-7,9-14,17-22,24-27,36,45H,8,15-16,23,28-30H2,1-4H3,(H,44,50). The number of unbranched alkanes of at least 4 members (excludes halogenated alkanes) is 2. The van der Waals surface area contributed by atoms with E-state index in [1.807, 2.05) is 42.5 Å². The zero-order valence-electron chi connectivity index (χ0n) is 30.5. The number of hydrogen-bond acceptors (Lipinski definition) is 7. The zero-order valence-corrected chi connectivity index (χ0v) is 31.2. The maximum absolute atomic E-state index is 13.3. The summed E-state index contributed by atoms with van der Waals surface area (Å²) < 4.78 is 14.1. The van der Waals surface area contributed by atoms with Gasteiger partial charge in [0.25, 0.3) is 0 Å². The summed E-state index contributed by atoms with van der Waals surface area (Å²) >= 11 is 6.05. The average Bonchev–Trinajstić information content (AvgIpc) is 3.69. The van der Waals surface area contributed by atoms with Crippen molar-refractivity contribution in [2.45, 2.75) is 95.6 Å². The summed E-state index contributed by atoms with van der Waals surface area (Å²) in [4.78, 5) is 13.3. The Morgan fingerprint density at radius 3 is 1.87 bits per heavy atom. The topological polar surface area (TPSA) is 103 Å². The monoisotopic (exact) mass is 718 g/mol. The molecule has 0 spiro atoms. The minimum Gasteiger partial charge on any atom is -0.403 e. The molecule has 2 N–H and O–H groups in total. The molecule has 52 heavy (non-hydrogen) atoms. The number of hydrogen-bond donors (Lipinski definition) is 2. The molecule has 2 heterocycles. The van der Waals surface area contributed by atoms with Gasteiger partial charge in [0.1, 0.15) is 6.54 Å². The molecule has 4 aromatic carbocycles. The number of amides is 1. The highest BCUT2D eigenvalue weighted by molar-refractivity contribution is 6.45. The van der Waals surface area contributed by atoms with Gasteiger partial charge >= 0.3 is 7.12 Å². The van der Waals surface area contributed by atoms with Gasteiger partial charge < -0.3 is 14.6 Å². The van der Waals surface area contributed by atoms with Gasteiger partial charge in [-0.15, -0.1) is 5.10 Å². The molecular formula is C41H48BClN6O3. The lowest BCUT2D eigenvalue weighted by molar-refractivity contribution is -0.122. The van der Waals surface area contributed by atoms with Crippen LogP contribution in [0.2, 0.25) is 11.3 Å². The van der Waals surface area contributed by atoms with E-state index in [0.29, 0.717) is 17.4 Å². The second-order valence-corrected chi connectivity index (χ2v) is 14.9. The Morgan fingerprint density at radius 1 is 0.788 bits per heavy atom. The van der Waals surface area contributed by atoms with E-state index in [4.69, 9.17) is 20.9 Å². The molecule has 0 aliphatic carbocycles. The van der Waals surface area contributed by atoms with Crippen molar-refractivity contribution in [2.24, 2.45) is 0 Å². The molecule has 0 radical (unpaired) electrons. The number of halogens is 1. The molecule has 11 heteroatoms. The van der Waals surface area contributed by atoms with E-state index in [1.165, 1.54) is 0 Å². The highest BCUT2D eigenvalue weighted by Gasteiger charge is 2.50. The lowest BCUT2D eigenvalue weighted by atomic mass is 9.76. The van der Waals surface area contributed by atoms with Crippen molar-refractivity contribution >= 4 is 24.6 Å². The first-order chi connectivity index (χ1) is 25.1. The number of carbonyl (C=O) groups excluding carboxylic acids is 1. The maximum Gasteiger partial charge on any atom is 0.457 e. The fourth-order valence-corrected chi connectivity index (χ4v) is 6.96. The molecule has 1 amide bonds. The third kappa shape index (κ3) is 8.64. The van der Waals surface area contributed by atoms with Gasteiger partial charge in [0.15, 0.2) is 5.82 Å². The molecule has 9 nitrogen and oxygen atoms in total. The fraction of sp³-hybridized carbons (Fsp3) is 0.366. The van der Waals surface area contributed by atoms with Crippen LogP contribution in [0.3, 0.4) is 0 Å². The molecular weight excluding hydrogens is 671 g/mol. The van der Waals surface area contributed by atoms with Gasteiger partial charge in [0, 0.05) is 11.6 Å². The first-order valence-electron chi connectivity index (χ1n) is 18.1. The first-order valence-corrected chi connectivity index (χ1v) is 18.5. The first kappa shape index (κ1) is 37.4. The molecule has 1 aliphatic rings. The maximum atomic E-state index is 13.3. The minimum atomic E-state index is -0.759. The van der Waals surface area contributed by atoms with Gasteiger partial charge in [0.05, 0.1) is 22.8 Å². The van der Waals surface area contributed by atoms with Crippen molar-refractivity contribution in [3.8, 4) is 0 Å². The molecule has 6 rings (SSSR count). The number of nitrogens with one attached hydrogen (secondary N) is 2. The van der Waals surface area contributed by atoms with Crippen molar-refractivity contribution in [1.29, 1.82) is 0 Å². The van der Waals surface area contributed by atoms with Crippen molar-refractivity contribution in [1.82, 2.24) is 30.8 Å². The van der Waals surface area contributed by atoms with Crippen LogP contribution in [0.5, 0.6) is 0 Å². The highest BCUT2D eigenvalue weighted by atomic mass is 35.5. The third-order valence-electron chi connectivity index (χ3n) is 10.3. The highest BCUT2D eigenvalue weighted by Crippen LogP contribution is 2.41. The normalized spacial score (nSPS) is 15.8. The van der Waals surface area contributed by atoms with Crippen LogP contribution in [0.1, 0.15) is 87.5 Å². The number of carbonyl (C=O) groups is 1. The summed E-state index contributed by atoms with van der Waals surface area (Å²) in [6, 6.07) is 38.5. The predicted octanol–water partition coefficient (Wildman–Crippen LogP) is 7.92. The molecule has 1 aliphatic heterocycles. The summed E-state index contributed by atoms with van der Waals surface area (Å²) in [6.45, 7) is 8.70. The summed E-state index contributed by atoms with van der Waals surface area (Å²) in [6.07, 6.45) is 4.34. The number of rotatable bonds is 16. The second kappa shape index (κ2) is 16.5. The van der Waals surface area contributed by atoms with Crippen molar-refractivity contribution in [3.63, 3.8) is 0 Å². The summed E-state index contributed by atoms with van der Waals surface area (Å²) in [5.74, 6) is 0.407. The van der Waals surface area contributed by atoms with Crippen molar-refractivity contribution < 1.29 is 14.1 Å². The lowest BCUT2D eigenvalue weighted by Crippen LogP contribution is -2.47. The Hall–Kier alpha value is -4.35. The Morgan fingerprint density at radius 2 is 1.33 bits per heavy atom. The third-order valence-corrected chi connectivity index (χ3v) is 10.6. The van der Waals surface area contributed by atoms with Gasteiger partial charge in [-0.25, -0.2) is 4.68 Å². The van der Waals surface area contributed by atoms with Gasteiger partial charge in [-0.2, -0.15) is 0 Å². The van der Waals surface area contributed by atoms with E-state index in [9.17, 15) is 4.79 Å². The second-order valence-electron chi connectivity index (χ2n) is 14.5. The summed E-state index contributed by atoms with van der Waals surface area (Å²) in [5, 5.41) is 20.7. The smallest absolute Gasteiger partial charge is 0.403 e. The molecule has 1 fully saturated rings. The Labute approximate surface area is 312 Å². The molecule has 1 unspecified atom stereocenters. The number of benzene rings is 4. The number of tetrazole rings is 1. The molecule has 5 aromatic rings. The SMILES string of the molecule is CC1(C)OB(CCCCCC(NC(c2ccccc2)(c2ccccc2)c2ccccc2)c2nnnn2CC(=O)NCc2ccc(Cl)cc2)OC1(C)C. The Balaban J connectivity index is 1.28. The van der Waals surface area contributed by atoms with Crippen LogP contribution in [0.25, 0.3) is 0 Å². The quantitative estimate of drug-likeness (QED) is 0.0607. The summed E-state index contributed by atoms with van der Waals surface area (Å²) in [7, 11) is -0.223. The van der Waals surface area contributed by atoms with E-state index < -0.39 is 5.54 Å². The van der Waals surface area contributed by atoms with E-state index in [-0.39, 0.29) is 36.8 Å². The Bertz CT molecular complexity index is 1760. The molecule has 1 saturated heterocycles. The van der Waals surface area contributed by atoms with Crippen LogP contribution in [-0.4, -0.2) is 44.4 Å². The van der Waals surface area contributed by atoms with Gasteiger partial charge in [-0.05, 0) is 85.2 Å². The van der Waals surface area contributed by atoms with Crippen LogP contribution in [0.15, 0.2) is 115 Å². The van der Waals surface area contributed by atoms with E-state index in [1.54, 1.807) is 4.68 Å². The molecule has 0 bridgehead atoms. The minimum absolute atomic E-state index is 0.0228. The number of nitrogens with zero attached hydrogens (tertiary/aromatic N) is 4. The Kier molecular flexibility index (Phi) is 11.9. The van der Waals surface area contributed by atoms with Gasteiger partial charge in [0.2, 0.25) is 5.91 Å². The van der Waals surface area contributed by atoms with E-state index in [0.717, 1.165) is 54.3 Å². The molecule has 0 saturated carbocycles. The van der Waals surface area contributed by atoms with Crippen LogP contribution in [0.4, 0.5) is 0 Å². The molecule has 1 atom stereocenters. The van der Waals surface area contributed by atoms with Crippen LogP contribution in [-0.2, 0) is 32.7 Å². The van der Waals surface area contributed by atoms with E-state index >= 15 is 0 Å². The summed E-state index contributed by atoms with van der Waals surface area (Å²) in [5.41, 5.74) is 2.74. The van der Waals surface area contributed by atoms with E-state index in [2.05, 4.69) is 127 Å². The number of aromatic nitrogens is 4. The zero-order chi connectivity index (χ0) is 36.6. The fourth-order valence-electron chi connectivity index (χ4n) is 6.83. The van der Waals surface area contributed by atoms with Crippen LogP contribution >= 0.6 is 11.6 Å². The van der Waals surface area contributed by atoms with Crippen LogP contribution < -0.4 is 10.6 Å². The predicted molar refractivity (Wildman–Crippen MR) is 206 cm³/mol. The average molecular weight is 719 g/mol. The van der Waals surface area contributed by atoms with Gasteiger partial charge in [-0.1, -0.05) is 134 Å². The largest absolute Gasteiger partial charge is 0.457 e. The molecule has 270 valence electrons. The van der Waals surface area contributed by atoms with Crippen molar-refractivity contribution in [2.75, 3.05) is 0 Å².